The number of nitrogens with zero attached hydrogens (tertiary/aromatic N) is 1. The average molecular weight is 310 g/mol. The van der Waals surface area contributed by atoms with Crippen molar-refractivity contribution in [2.24, 2.45) is 11.8 Å². The Labute approximate surface area is 135 Å². The van der Waals surface area contributed by atoms with Crippen LogP contribution in [0, 0.1) is 18.8 Å². The summed E-state index contributed by atoms with van der Waals surface area (Å²) in [5.41, 5.74) is 3.46. The third-order valence-corrected chi connectivity index (χ3v) is 5.54. The van der Waals surface area contributed by atoms with Crippen LogP contribution in [0.1, 0.15) is 36.9 Å². The Bertz CT molecular complexity index is 753. The second kappa shape index (κ2) is 5.52. The minimum absolute atomic E-state index is 0.0414. The molecule has 2 unspecified atom stereocenters. The molecule has 1 aliphatic carbocycles. The van der Waals surface area contributed by atoms with E-state index in [1.807, 2.05) is 12.1 Å². The quantitative estimate of drug-likeness (QED) is 0.885. The normalized spacial score (nSPS) is 24.5. The lowest BCUT2D eigenvalue weighted by Crippen LogP contribution is -2.33. The lowest BCUT2D eigenvalue weighted by atomic mass is 9.81. The van der Waals surface area contributed by atoms with Crippen LogP contribution < -0.4 is 0 Å². The molecule has 2 atom stereocenters. The number of nitrogens with one attached hydrogen (secondary N) is 1. The number of imide groups is 1. The Morgan fingerprint density at radius 2 is 1.74 bits per heavy atom. The number of para-hydroxylation sites is 1. The molecule has 1 N–H and O–H groups in total. The van der Waals surface area contributed by atoms with E-state index in [1.165, 1.54) is 15.8 Å². The van der Waals surface area contributed by atoms with Crippen LogP contribution >= 0.6 is 0 Å². The minimum atomic E-state index is -0.0414. The van der Waals surface area contributed by atoms with E-state index in [1.54, 1.807) is 0 Å². The highest BCUT2D eigenvalue weighted by atomic mass is 16.2. The van der Waals surface area contributed by atoms with Gasteiger partial charge in [0.05, 0.1) is 11.8 Å². The molecule has 0 bridgehead atoms. The second-order valence-electron chi connectivity index (χ2n) is 6.85. The van der Waals surface area contributed by atoms with Crippen molar-refractivity contribution in [2.75, 3.05) is 6.54 Å². The molecule has 0 spiro atoms. The van der Waals surface area contributed by atoms with E-state index >= 15 is 0 Å². The van der Waals surface area contributed by atoms with Gasteiger partial charge in [0.1, 0.15) is 0 Å². The van der Waals surface area contributed by atoms with Crippen molar-refractivity contribution in [3.63, 3.8) is 0 Å². The summed E-state index contributed by atoms with van der Waals surface area (Å²) in [4.78, 5) is 30.0. The summed E-state index contributed by atoms with van der Waals surface area (Å²) < 4.78 is 0. The van der Waals surface area contributed by atoms with Crippen molar-refractivity contribution in [3.05, 3.63) is 35.5 Å². The molecule has 2 fully saturated rings. The van der Waals surface area contributed by atoms with Crippen molar-refractivity contribution in [2.45, 2.75) is 39.0 Å². The Balaban J connectivity index is 1.55. The standard InChI is InChI=1S/C19H22N2O2/c1-12-13(14-6-4-5-9-17(14)20-12)10-11-21-18(22)15-7-2-3-8-16(15)19(21)23/h4-6,9,15-16,20H,2-3,7-8,10-11H2,1H3. The number of likely N-dealkylation sites (tertiary alicyclic amines) is 1. The number of carbonyl (C=O) groups is 2. The van der Waals surface area contributed by atoms with Crippen molar-refractivity contribution < 1.29 is 9.59 Å². The molecule has 4 heteroatoms. The molecule has 4 nitrogen and oxygen atoms in total. The van der Waals surface area contributed by atoms with Gasteiger partial charge in [0.2, 0.25) is 11.8 Å². The zero-order valence-electron chi connectivity index (χ0n) is 13.5. The van der Waals surface area contributed by atoms with Crippen LogP contribution in [-0.4, -0.2) is 28.2 Å². The van der Waals surface area contributed by atoms with E-state index in [9.17, 15) is 9.59 Å². The molecular weight excluding hydrogens is 288 g/mol. The van der Waals surface area contributed by atoms with Crippen molar-refractivity contribution in [1.82, 2.24) is 9.88 Å². The third kappa shape index (κ3) is 2.28. The highest BCUT2D eigenvalue weighted by molar-refractivity contribution is 6.05. The van der Waals surface area contributed by atoms with Crippen LogP contribution in [0.15, 0.2) is 24.3 Å². The first kappa shape index (κ1) is 14.5. The molecule has 2 heterocycles. The average Bonchev–Trinajstić information content (AvgIpc) is 3.01. The highest BCUT2D eigenvalue weighted by Crippen LogP contribution is 2.38. The van der Waals surface area contributed by atoms with Gasteiger partial charge in [-0.25, -0.2) is 0 Å². The topological polar surface area (TPSA) is 53.2 Å². The largest absolute Gasteiger partial charge is 0.358 e. The summed E-state index contributed by atoms with van der Waals surface area (Å²) in [5, 5.41) is 1.20. The van der Waals surface area contributed by atoms with Gasteiger partial charge in [0.15, 0.2) is 0 Å². The molecule has 2 aliphatic rings. The molecule has 1 saturated carbocycles. The fraction of sp³-hybridized carbons (Fsp3) is 0.474. The molecule has 0 radical (unpaired) electrons. The Kier molecular flexibility index (Phi) is 3.47. The van der Waals surface area contributed by atoms with Gasteiger partial charge >= 0.3 is 0 Å². The highest BCUT2D eigenvalue weighted by Gasteiger charge is 2.47. The number of hydrogen-bond donors (Lipinski definition) is 1. The first-order valence-corrected chi connectivity index (χ1v) is 8.58. The van der Waals surface area contributed by atoms with E-state index in [-0.39, 0.29) is 23.7 Å². The predicted octanol–water partition coefficient (Wildman–Crippen LogP) is 3.19. The molecule has 2 amide bonds. The zero-order valence-corrected chi connectivity index (χ0v) is 13.5. The summed E-state index contributed by atoms with van der Waals surface area (Å²) in [5.74, 6) is 0.0509. The van der Waals surface area contributed by atoms with Crippen molar-refractivity contribution in [3.8, 4) is 0 Å². The number of hydrogen-bond acceptors (Lipinski definition) is 2. The molecule has 1 aliphatic heterocycles. The van der Waals surface area contributed by atoms with Gasteiger partial charge in [-0.1, -0.05) is 31.0 Å². The van der Waals surface area contributed by atoms with E-state index < -0.39 is 0 Å². The van der Waals surface area contributed by atoms with Gasteiger partial charge in [-0.3, -0.25) is 14.5 Å². The summed E-state index contributed by atoms with van der Waals surface area (Å²) >= 11 is 0. The number of carbonyl (C=O) groups excluding carboxylic acids is 2. The summed E-state index contributed by atoms with van der Waals surface area (Å²) in [7, 11) is 0. The minimum Gasteiger partial charge on any atom is -0.358 e. The lowest BCUT2D eigenvalue weighted by Gasteiger charge is -2.19. The van der Waals surface area contributed by atoms with Crippen LogP contribution in [0.2, 0.25) is 0 Å². The fourth-order valence-corrected chi connectivity index (χ4v) is 4.33. The number of fused-ring (bicyclic) bond motifs is 2. The first-order chi connectivity index (χ1) is 11.2. The number of rotatable bonds is 3. The van der Waals surface area contributed by atoms with Crippen LogP contribution in [0.5, 0.6) is 0 Å². The Hall–Kier alpha value is -2.10. The molecule has 1 saturated heterocycles. The number of aryl methyl sites for hydroxylation is 1. The van der Waals surface area contributed by atoms with E-state index in [0.29, 0.717) is 6.54 Å². The van der Waals surface area contributed by atoms with Gasteiger partial charge in [-0.2, -0.15) is 0 Å². The number of amides is 2. The van der Waals surface area contributed by atoms with Crippen LogP contribution in [0.3, 0.4) is 0 Å². The van der Waals surface area contributed by atoms with Crippen LogP contribution in [0.25, 0.3) is 10.9 Å². The first-order valence-electron chi connectivity index (χ1n) is 8.58. The Morgan fingerprint density at radius 3 is 2.43 bits per heavy atom. The van der Waals surface area contributed by atoms with Gasteiger partial charge < -0.3 is 4.98 Å². The van der Waals surface area contributed by atoms with Crippen LogP contribution in [0.4, 0.5) is 0 Å². The van der Waals surface area contributed by atoms with E-state index in [0.717, 1.165) is 43.3 Å². The third-order valence-electron chi connectivity index (χ3n) is 5.54. The monoisotopic (exact) mass is 310 g/mol. The lowest BCUT2D eigenvalue weighted by molar-refractivity contribution is -0.139. The maximum Gasteiger partial charge on any atom is 0.233 e. The fourth-order valence-electron chi connectivity index (χ4n) is 4.33. The van der Waals surface area contributed by atoms with Gasteiger partial charge in [0, 0.05) is 23.1 Å². The van der Waals surface area contributed by atoms with E-state index in [2.05, 4.69) is 24.0 Å². The van der Waals surface area contributed by atoms with E-state index in [4.69, 9.17) is 0 Å². The molecular formula is C19H22N2O2. The van der Waals surface area contributed by atoms with Gasteiger partial charge in [0.25, 0.3) is 0 Å². The van der Waals surface area contributed by atoms with Crippen LogP contribution in [-0.2, 0) is 16.0 Å². The second-order valence-corrected chi connectivity index (χ2v) is 6.85. The maximum absolute atomic E-state index is 12.6. The van der Waals surface area contributed by atoms with Crippen molar-refractivity contribution in [1.29, 1.82) is 0 Å². The molecule has 120 valence electrons. The molecule has 1 aromatic carbocycles. The summed E-state index contributed by atoms with van der Waals surface area (Å²) in [6.45, 7) is 2.57. The molecule has 23 heavy (non-hydrogen) atoms. The number of aromatic nitrogens is 1. The SMILES string of the molecule is Cc1[nH]c2ccccc2c1CCN1C(=O)C2CCCCC2C1=O. The zero-order chi connectivity index (χ0) is 16.0. The van der Waals surface area contributed by atoms with Gasteiger partial charge in [-0.15, -0.1) is 0 Å². The molecule has 2 aromatic rings. The summed E-state index contributed by atoms with van der Waals surface area (Å²) in [6.07, 6.45) is 4.66. The number of aromatic amines is 1. The number of benzene rings is 1. The maximum atomic E-state index is 12.6. The number of H-pyrrole nitrogens is 1. The predicted molar refractivity (Wildman–Crippen MR) is 88.9 cm³/mol. The van der Waals surface area contributed by atoms with Gasteiger partial charge in [-0.05, 0) is 37.8 Å². The van der Waals surface area contributed by atoms with Crippen molar-refractivity contribution >= 4 is 22.7 Å². The smallest absolute Gasteiger partial charge is 0.233 e. The molecule has 4 rings (SSSR count). The Morgan fingerprint density at radius 1 is 1.09 bits per heavy atom. The summed E-state index contributed by atoms with van der Waals surface area (Å²) in [6, 6.07) is 8.20. The molecule has 1 aromatic heterocycles.